The van der Waals surface area contributed by atoms with Crippen LogP contribution in [-0.2, 0) is 4.79 Å². The number of carbonyl (C=O) groups is 1. The normalized spacial score (nSPS) is 20.6. The number of carbonyl (C=O) groups excluding carboxylic acids is 1. The summed E-state index contributed by atoms with van der Waals surface area (Å²) < 4.78 is 0. The lowest BCUT2D eigenvalue weighted by Gasteiger charge is -2.38. The molecule has 0 bridgehead atoms. The largest absolute Gasteiger partial charge is 0.326 e. The number of nitrogens with zero attached hydrogens (tertiary/aromatic N) is 1. The van der Waals surface area contributed by atoms with Crippen molar-refractivity contribution < 1.29 is 4.79 Å². The number of anilines is 1. The van der Waals surface area contributed by atoms with Crippen molar-refractivity contribution in [2.24, 2.45) is 5.41 Å². The van der Waals surface area contributed by atoms with E-state index in [1.54, 1.807) is 0 Å². The second-order valence-corrected chi connectivity index (χ2v) is 6.23. The maximum absolute atomic E-state index is 12.5. The van der Waals surface area contributed by atoms with Gasteiger partial charge < -0.3 is 10.6 Å². The molecule has 1 amide bonds. The highest BCUT2D eigenvalue weighted by atomic mass is 16.2. The van der Waals surface area contributed by atoms with E-state index >= 15 is 0 Å². The molecule has 0 saturated carbocycles. The van der Waals surface area contributed by atoms with Crippen molar-refractivity contribution in [2.75, 3.05) is 31.5 Å². The molecule has 2 N–H and O–H groups in total. The maximum atomic E-state index is 12.5. The van der Waals surface area contributed by atoms with E-state index in [-0.39, 0.29) is 5.91 Å². The summed E-state index contributed by atoms with van der Waals surface area (Å²) in [7, 11) is 0. The molecular formula is C16H25N3O. The average molecular weight is 275 g/mol. The summed E-state index contributed by atoms with van der Waals surface area (Å²) in [5, 5.41) is 6.38. The number of rotatable bonds is 4. The summed E-state index contributed by atoms with van der Waals surface area (Å²) >= 11 is 0. The Morgan fingerprint density at radius 1 is 1.40 bits per heavy atom. The maximum Gasteiger partial charge on any atom is 0.231 e. The lowest BCUT2D eigenvalue weighted by Crippen LogP contribution is -2.54. The van der Waals surface area contributed by atoms with Gasteiger partial charge in [-0.05, 0) is 32.9 Å². The van der Waals surface area contributed by atoms with Crippen molar-refractivity contribution in [2.45, 2.75) is 26.8 Å². The Morgan fingerprint density at radius 3 is 2.75 bits per heavy atom. The smallest absolute Gasteiger partial charge is 0.231 e. The zero-order chi connectivity index (χ0) is 14.6. The highest BCUT2D eigenvalue weighted by molar-refractivity contribution is 5.94. The van der Waals surface area contributed by atoms with Gasteiger partial charge in [0.25, 0.3) is 0 Å². The Hall–Kier alpha value is -1.39. The highest BCUT2D eigenvalue weighted by Crippen LogP contribution is 2.22. The molecule has 1 atom stereocenters. The molecule has 110 valence electrons. The Balaban J connectivity index is 1.96. The van der Waals surface area contributed by atoms with Gasteiger partial charge in [0.2, 0.25) is 5.91 Å². The first kappa shape index (κ1) is 15.0. The Bertz CT molecular complexity index is 444. The number of hydrogen-bond donors (Lipinski definition) is 2. The summed E-state index contributed by atoms with van der Waals surface area (Å²) in [6.45, 7) is 10.0. The van der Waals surface area contributed by atoms with Crippen LogP contribution in [0.3, 0.4) is 0 Å². The Kier molecular flexibility index (Phi) is 4.78. The fraction of sp³-hybridized carbons (Fsp3) is 0.562. The number of amides is 1. The van der Waals surface area contributed by atoms with Crippen molar-refractivity contribution in [3.63, 3.8) is 0 Å². The fourth-order valence-electron chi connectivity index (χ4n) is 2.52. The predicted octanol–water partition coefficient (Wildman–Crippen LogP) is 1.94. The number of nitrogens with one attached hydrogen (secondary N) is 2. The van der Waals surface area contributed by atoms with Crippen LogP contribution in [0.2, 0.25) is 0 Å². The van der Waals surface area contributed by atoms with Crippen LogP contribution < -0.4 is 10.6 Å². The minimum atomic E-state index is -0.401. The van der Waals surface area contributed by atoms with Gasteiger partial charge >= 0.3 is 0 Å². The zero-order valence-corrected chi connectivity index (χ0v) is 12.6. The minimum absolute atomic E-state index is 0.0782. The second-order valence-electron chi connectivity index (χ2n) is 6.23. The molecule has 4 heteroatoms. The first-order valence-electron chi connectivity index (χ1n) is 7.30. The lowest BCUT2D eigenvalue weighted by atomic mass is 9.90. The van der Waals surface area contributed by atoms with Gasteiger partial charge in [0.05, 0.1) is 5.41 Å². The second kappa shape index (κ2) is 6.37. The van der Waals surface area contributed by atoms with Crippen LogP contribution in [0.25, 0.3) is 0 Å². The summed E-state index contributed by atoms with van der Waals surface area (Å²) in [6, 6.07) is 10.1. The van der Waals surface area contributed by atoms with Gasteiger partial charge in [-0.1, -0.05) is 18.2 Å². The third-order valence-electron chi connectivity index (χ3n) is 3.88. The lowest BCUT2D eigenvalue weighted by molar-refractivity contribution is -0.125. The molecule has 1 fully saturated rings. The molecule has 1 aliphatic heterocycles. The monoisotopic (exact) mass is 275 g/mol. The van der Waals surface area contributed by atoms with Crippen molar-refractivity contribution in [1.82, 2.24) is 10.2 Å². The van der Waals surface area contributed by atoms with E-state index in [0.29, 0.717) is 6.04 Å². The van der Waals surface area contributed by atoms with E-state index in [2.05, 4.69) is 22.5 Å². The molecule has 4 nitrogen and oxygen atoms in total. The molecule has 0 aromatic heterocycles. The van der Waals surface area contributed by atoms with E-state index in [9.17, 15) is 4.79 Å². The van der Waals surface area contributed by atoms with Gasteiger partial charge in [0.1, 0.15) is 0 Å². The van der Waals surface area contributed by atoms with Gasteiger partial charge in [0.15, 0.2) is 0 Å². The van der Waals surface area contributed by atoms with Crippen molar-refractivity contribution >= 4 is 11.6 Å². The number of benzene rings is 1. The van der Waals surface area contributed by atoms with Gasteiger partial charge in [0, 0.05) is 37.9 Å². The van der Waals surface area contributed by atoms with E-state index in [4.69, 9.17) is 0 Å². The summed E-state index contributed by atoms with van der Waals surface area (Å²) in [4.78, 5) is 14.9. The van der Waals surface area contributed by atoms with Crippen molar-refractivity contribution in [1.29, 1.82) is 0 Å². The summed E-state index contributed by atoms with van der Waals surface area (Å²) in [5.41, 5.74) is 0.459. The molecular weight excluding hydrogens is 250 g/mol. The van der Waals surface area contributed by atoms with Crippen molar-refractivity contribution in [3.8, 4) is 0 Å². The molecule has 1 aromatic rings. The van der Waals surface area contributed by atoms with E-state index in [0.717, 1.165) is 31.9 Å². The standard InChI is InChI=1S/C16H25N3O/c1-13-11-17-9-10-19(13)12-16(2,3)15(20)18-14-7-5-4-6-8-14/h4-8,13,17H,9-12H2,1-3H3,(H,18,20). The summed E-state index contributed by atoms with van der Waals surface area (Å²) in [6.07, 6.45) is 0. The Morgan fingerprint density at radius 2 is 2.10 bits per heavy atom. The molecule has 2 rings (SSSR count). The summed E-state index contributed by atoms with van der Waals surface area (Å²) in [5.74, 6) is 0.0782. The fourth-order valence-corrected chi connectivity index (χ4v) is 2.52. The number of para-hydroxylation sites is 1. The minimum Gasteiger partial charge on any atom is -0.326 e. The van der Waals surface area contributed by atoms with Crippen LogP contribution in [0.5, 0.6) is 0 Å². The van der Waals surface area contributed by atoms with Gasteiger partial charge in [-0.3, -0.25) is 9.69 Å². The number of hydrogen-bond acceptors (Lipinski definition) is 3. The Labute approximate surface area is 121 Å². The third kappa shape index (κ3) is 3.81. The van der Waals surface area contributed by atoms with E-state index < -0.39 is 5.41 Å². The molecule has 1 aromatic carbocycles. The third-order valence-corrected chi connectivity index (χ3v) is 3.88. The van der Waals surface area contributed by atoms with Crippen LogP contribution in [0, 0.1) is 5.41 Å². The van der Waals surface area contributed by atoms with Gasteiger partial charge in [-0.15, -0.1) is 0 Å². The van der Waals surface area contributed by atoms with Crippen molar-refractivity contribution in [3.05, 3.63) is 30.3 Å². The van der Waals surface area contributed by atoms with Crippen LogP contribution >= 0.6 is 0 Å². The molecule has 20 heavy (non-hydrogen) atoms. The van der Waals surface area contributed by atoms with E-state index in [1.807, 2.05) is 44.2 Å². The van der Waals surface area contributed by atoms with Crippen LogP contribution in [0.15, 0.2) is 30.3 Å². The molecule has 1 saturated heterocycles. The van der Waals surface area contributed by atoms with Gasteiger partial charge in [-0.2, -0.15) is 0 Å². The molecule has 1 aliphatic rings. The SMILES string of the molecule is CC1CNCCN1CC(C)(C)C(=O)Nc1ccccc1. The van der Waals surface area contributed by atoms with Crippen LogP contribution in [0.4, 0.5) is 5.69 Å². The van der Waals surface area contributed by atoms with Crippen LogP contribution in [-0.4, -0.2) is 43.0 Å². The molecule has 0 radical (unpaired) electrons. The topological polar surface area (TPSA) is 44.4 Å². The zero-order valence-electron chi connectivity index (χ0n) is 12.6. The first-order valence-corrected chi connectivity index (χ1v) is 7.30. The predicted molar refractivity (Wildman–Crippen MR) is 82.8 cm³/mol. The number of piperazine rings is 1. The van der Waals surface area contributed by atoms with Crippen LogP contribution in [0.1, 0.15) is 20.8 Å². The molecule has 0 aliphatic carbocycles. The quantitative estimate of drug-likeness (QED) is 0.882. The first-order chi connectivity index (χ1) is 9.49. The van der Waals surface area contributed by atoms with E-state index in [1.165, 1.54) is 0 Å². The van der Waals surface area contributed by atoms with Gasteiger partial charge in [-0.25, -0.2) is 0 Å². The molecule has 0 spiro atoms. The highest BCUT2D eigenvalue weighted by Gasteiger charge is 2.32. The average Bonchev–Trinajstić information content (AvgIpc) is 2.42. The molecule has 1 heterocycles. The molecule has 1 unspecified atom stereocenters.